The number of amides is 1. The predicted molar refractivity (Wildman–Crippen MR) is 112 cm³/mol. The van der Waals surface area contributed by atoms with E-state index >= 15 is 0 Å². The Morgan fingerprint density at radius 3 is 2.36 bits per heavy atom. The van der Waals surface area contributed by atoms with Crippen molar-refractivity contribution in [3.05, 3.63) is 65.2 Å². The number of tetrazole rings is 1. The van der Waals surface area contributed by atoms with Crippen LogP contribution in [0.15, 0.2) is 53.7 Å². The number of thioether (sulfide) groups is 1. The molecule has 28 heavy (non-hydrogen) atoms. The number of hydrogen-bond donors (Lipinski definition) is 0. The first-order valence-electron chi connectivity index (χ1n) is 9.39. The Hall–Kier alpha value is -2.67. The molecule has 146 valence electrons. The zero-order valence-electron chi connectivity index (χ0n) is 16.5. The van der Waals surface area contributed by atoms with Crippen LogP contribution in [0.25, 0.3) is 5.69 Å². The third kappa shape index (κ3) is 4.98. The summed E-state index contributed by atoms with van der Waals surface area (Å²) in [5, 5.41) is 12.9. The molecule has 1 heterocycles. The van der Waals surface area contributed by atoms with Crippen LogP contribution in [0.1, 0.15) is 41.3 Å². The van der Waals surface area contributed by atoms with Crippen molar-refractivity contribution in [3.8, 4) is 5.69 Å². The molecule has 0 spiro atoms. The highest BCUT2D eigenvalue weighted by Gasteiger charge is 2.11. The molecule has 0 saturated heterocycles. The summed E-state index contributed by atoms with van der Waals surface area (Å²) in [5.74, 6) is 0.733. The van der Waals surface area contributed by atoms with E-state index in [4.69, 9.17) is 0 Å². The van der Waals surface area contributed by atoms with E-state index in [1.807, 2.05) is 24.3 Å². The van der Waals surface area contributed by atoms with E-state index in [0.717, 1.165) is 28.6 Å². The summed E-state index contributed by atoms with van der Waals surface area (Å²) >= 11 is 1.57. The molecule has 0 aliphatic heterocycles. The van der Waals surface area contributed by atoms with Crippen molar-refractivity contribution < 1.29 is 4.79 Å². The van der Waals surface area contributed by atoms with Gasteiger partial charge in [-0.1, -0.05) is 49.4 Å². The fourth-order valence-corrected chi connectivity index (χ4v) is 3.61. The van der Waals surface area contributed by atoms with Crippen LogP contribution in [0, 0.1) is 0 Å². The van der Waals surface area contributed by atoms with E-state index in [-0.39, 0.29) is 5.91 Å². The molecule has 0 atom stereocenters. The van der Waals surface area contributed by atoms with E-state index in [0.29, 0.717) is 5.56 Å². The Kier molecular flexibility index (Phi) is 6.81. The van der Waals surface area contributed by atoms with Gasteiger partial charge in [-0.15, -0.1) is 5.10 Å². The molecule has 0 aliphatic carbocycles. The van der Waals surface area contributed by atoms with Gasteiger partial charge < -0.3 is 4.90 Å². The van der Waals surface area contributed by atoms with Crippen LogP contribution in [-0.4, -0.2) is 45.1 Å². The standard InChI is InChI=1S/C21H25N5OS/c1-4-5-6-16-9-13-19(14-10-16)26-21(22-23-24-26)28-15-17-7-11-18(12-8-17)20(27)25(2)3/h7-14H,4-6,15H2,1-3H3. The molecule has 0 saturated carbocycles. The average molecular weight is 396 g/mol. The lowest BCUT2D eigenvalue weighted by atomic mass is 10.1. The molecule has 3 aromatic rings. The van der Waals surface area contributed by atoms with Gasteiger partial charge in [0.25, 0.3) is 5.91 Å². The molecule has 7 heteroatoms. The first-order chi connectivity index (χ1) is 13.6. The molecule has 2 aromatic carbocycles. The van der Waals surface area contributed by atoms with E-state index in [2.05, 4.69) is 46.7 Å². The molecule has 6 nitrogen and oxygen atoms in total. The molecule has 0 aliphatic rings. The maximum absolute atomic E-state index is 12.0. The monoisotopic (exact) mass is 395 g/mol. The number of aromatic nitrogens is 4. The number of nitrogens with zero attached hydrogens (tertiary/aromatic N) is 5. The smallest absolute Gasteiger partial charge is 0.253 e. The van der Waals surface area contributed by atoms with Gasteiger partial charge in [-0.2, -0.15) is 4.68 Å². The van der Waals surface area contributed by atoms with Gasteiger partial charge in [0.2, 0.25) is 5.16 Å². The Morgan fingerprint density at radius 2 is 1.71 bits per heavy atom. The van der Waals surface area contributed by atoms with E-state index in [9.17, 15) is 4.79 Å². The maximum Gasteiger partial charge on any atom is 0.253 e. The average Bonchev–Trinajstić information content (AvgIpc) is 3.19. The van der Waals surface area contributed by atoms with Gasteiger partial charge >= 0.3 is 0 Å². The van der Waals surface area contributed by atoms with Crippen LogP contribution in [0.3, 0.4) is 0 Å². The summed E-state index contributed by atoms with van der Waals surface area (Å²) in [6, 6.07) is 16.1. The van der Waals surface area contributed by atoms with Gasteiger partial charge in [-0.05, 0) is 58.7 Å². The van der Waals surface area contributed by atoms with Crippen molar-refractivity contribution in [2.24, 2.45) is 0 Å². The SMILES string of the molecule is CCCCc1ccc(-n2nnnc2SCc2ccc(C(=O)N(C)C)cc2)cc1. The number of unbranched alkanes of at least 4 members (excludes halogenated alkanes) is 1. The Labute approximate surface area is 169 Å². The quantitative estimate of drug-likeness (QED) is 0.540. The van der Waals surface area contributed by atoms with Crippen LogP contribution >= 0.6 is 11.8 Å². The van der Waals surface area contributed by atoms with Crippen LogP contribution in [0.2, 0.25) is 0 Å². The minimum atomic E-state index is 0.00512. The molecule has 3 rings (SSSR count). The van der Waals surface area contributed by atoms with Gasteiger partial charge in [0.1, 0.15) is 0 Å². The number of benzene rings is 2. The predicted octanol–water partition coefficient (Wildman–Crippen LogP) is 4.00. The molecule has 0 fully saturated rings. The highest BCUT2D eigenvalue weighted by Crippen LogP contribution is 2.23. The second kappa shape index (κ2) is 9.50. The lowest BCUT2D eigenvalue weighted by molar-refractivity contribution is 0.0827. The summed E-state index contributed by atoms with van der Waals surface area (Å²) in [4.78, 5) is 13.5. The highest BCUT2D eigenvalue weighted by molar-refractivity contribution is 7.98. The molecule has 1 aromatic heterocycles. The summed E-state index contributed by atoms with van der Waals surface area (Å²) < 4.78 is 1.76. The van der Waals surface area contributed by atoms with Crippen LogP contribution in [0.5, 0.6) is 0 Å². The number of rotatable bonds is 8. The molecule has 0 unspecified atom stereocenters. The van der Waals surface area contributed by atoms with Gasteiger partial charge in [0, 0.05) is 25.4 Å². The van der Waals surface area contributed by atoms with Crippen molar-refractivity contribution in [1.82, 2.24) is 25.1 Å². The summed E-state index contributed by atoms with van der Waals surface area (Å²) in [5.41, 5.74) is 4.09. The zero-order valence-corrected chi connectivity index (χ0v) is 17.3. The number of carbonyl (C=O) groups excluding carboxylic acids is 1. The molecule has 1 amide bonds. The number of carbonyl (C=O) groups is 1. The van der Waals surface area contributed by atoms with Crippen LogP contribution in [0.4, 0.5) is 0 Å². The van der Waals surface area contributed by atoms with Gasteiger partial charge in [0.05, 0.1) is 5.69 Å². The van der Waals surface area contributed by atoms with Crippen molar-refractivity contribution in [1.29, 1.82) is 0 Å². The fraction of sp³-hybridized carbons (Fsp3) is 0.333. The Bertz CT molecular complexity index is 903. The summed E-state index contributed by atoms with van der Waals surface area (Å²) in [6.45, 7) is 2.20. The van der Waals surface area contributed by atoms with E-state index in [1.54, 1.807) is 35.4 Å². The first-order valence-corrected chi connectivity index (χ1v) is 10.4. The third-order valence-corrected chi connectivity index (χ3v) is 5.41. The van der Waals surface area contributed by atoms with E-state index in [1.165, 1.54) is 18.4 Å². The third-order valence-electron chi connectivity index (χ3n) is 4.42. The van der Waals surface area contributed by atoms with Crippen LogP contribution < -0.4 is 0 Å². The topological polar surface area (TPSA) is 63.9 Å². The largest absolute Gasteiger partial charge is 0.345 e. The molecular formula is C21H25N5OS. The maximum atomic E-state index is 12.0. The van der Waals surface area contributed by atoms with Crippen molar-refractivity contribution in [3.63, 3.8) is 0 Å². The summed E-state index contributed by atoms with van der Waals surface area (Å²) in [7, 11) is 3.50. The number of aryl methyl sites for hydroxylation is 1. The minimum absolute atomic E-state index is 0.00512. The van der Waals surface area contributed by atoms with Crippen molar-refractivity contribution in [2.45, 2.75) is 37.1 Å². The van der Waals surface area contributed by atoms with Gasteiger partial charge in [0.15, 0.2) is 0 Å². The Balaban J connectivity index is 1.65. The lowest BCUT2D eigenvalue weighted by Gasteiger charge is -2.10. The molecule has 0 bridgehead atoms. The molecular weight excluding hydrogens is 370 g/mol. The molecule has 0 radical (unpaired) electrons. The highest BCUT2D eigenvalue weighted by atomic mass is 32.2. The lowest BCUT2D eigenvalue weighted by Crippen LogP contribution is -2.21. The second-order valence-corrected chi connectivity index (χ2v) is 7.77. The van der Waals surface area contributed by atoms with Gasteiger partial charge in [-0.25, -0.2) is 0 Å². The zero-order chi connectivity index (χ0) is 19.9. The first kappa shape index (κ1) is 20.1. The summed E-state index contributed by atoms with van der Waals surface area (Å²) in [6.07, 6.45) is 3.49. The Morgan fingerprint density at radius 1 is 1.04 bits per heavy atom. The van der Waals surface area contributed by atoms with E-state index < -0.39 is 0 Å². The van der Waals surface area contributed by atoms with Crippen molar-refractivity contribution in [2.75, 3.05) is 14.1 Å². The van der Waals surface area contributed by atoms with Gasteiger partial charge in [-0.3, -0.25) is 4.79 Å². The second-order valence-electron chi connectivity index (χ2n) is 6.83. The van der Waals surface area contributed by atoms with Crippen molar-refractivity contribution >= 4 is 17.7 Å². The number of hydrogen-bond acceptors (Lipinski definition) is 5. The molecule has 0 N–H and O–H groups in total. The fourth-order valence-electron chi connectivity index (χ4n) is 2.77. The van der Waals surface area contributed by atoms with Crippen LogP contribution in [-0.2, 0) is 12.2 Å². The minimum Gasteiger partial charge on any atom is -0.345 e. The normalized spacial score (nSPS) is 10.8.